The molecule has 0 saturated heterocycles. The van der Waals surface area contributed by atoms with E-state index in [1.54, 1.807) is 0 Å². The number of nitrogens with zero attached hydrogens (tertiary/aromatic N) is 1. The maximum Gasteiger partial charge on any atom is 0.223 e. The zero-order valence-electron chi connectivity index (χ0n) is 12.9. The number of hydrogen-bond donors (Lipinski definition) is 1. The van der Waals surface area contributed by atoms with E-state index in [-0.39, 0.29) is 11.8 Å². The van der Waals surface area contributed by atoms with E-state index < -0.39 is 0 Å². The Kier molecular flexibility index (Phi) is 5.18. The van der Waals surface area contributed by atoms with Crippen molar-refractivity contribution in [2.45, 2.75) is 40.3 Å². The summed E-state index contributed by atoms with van der Waals surface area (Å²) in [4.78, 5) is 14.3. The average molecular weight is 274 g/mol. The molecule has 110 valence electrons. The second-order valence-corrected chi connectivity index (χ2v) is 5.77. The highest BCUT2D eigenvalue weighted by molar-refractivity contribution is 5.81. The van der Waals surface area contributed by atoms with Crippen molar-refractivity contribution in [1.29, 1.82) is 0 Å². The lowest BCUT2D eigenvalue weighted by atomic mass is 10.1. The second-order valence-electron chi connectivity index (χ2n) is 5.77. The van der Waals surface area contributed by atoms with Gasteiger partial charge in [-0.3, -0.25) is 9.69 Å². The fourth-order valence-corrected chi connectivity index (χ4v) is 2.57. The number of hydrogen-bond acceptors (Lipinski definition) is 2. The predicted molar refractivity (Wildman–Crippen MR) is 82.2 cm³/mol. The molecule has 1 aromatic rings. The van der Waals surface area contributed by atoms with Crippen LogP contribution >= 0.6 is 0 Å². The van der Waals surface area contributed by atoms with Crippen LogP contribution in [0, 0.1) is 11.8 Å². The Bertz CT molecular complexity index is 454. The van der Waals surface area contributed by atoms with Gasteiger partial charge < -0.3 is 5.32 Å². The van der Waals surface area contributed by atoms with Crippen LogP contribution in [-0.2, 0) is 17.9 Å². The van der Waals surface area contributed by atoms with Gasteiger partial charge in [-0.05, 0) is 36.6 Å². The third-order valence-electron chi connectivity index (χ3n) is 4.31. The summed E-state index contributed by atoms with van der Waals surface area (Å²) in [6.07, 6.45) is 1.05. The van der Waals surface area contributed by atoms with Crippen LogP contribution < -0.4 is 5.32 Å². The van der Waals surface area contributed by atoms with E-state index in [1.807, 2.05) is 6.07 Å². The summed E-state index contributed by atoms with van der Waals surface area (Å²) >= 11 is 0. The van der Waals surface area contributed by atoms with Crippen LogP contribution in [0.15, 0.2) is 24.3 Å². The van der Waals surface area contributed by atoms with E-state index in [1.165, 1.54) is 11.1 Å². The number of benzene rings is 1. The Morgan fingerprint density at radius 3 is 2.40 bits per heavy atom. The van der Waals surface area contributed by atoms with Crippen molar-refractivity contribution in [3.63, 3.8) is 0 Å². The molecule has 0 unspecified atom stereocenters. The molecule has 1 fully saturated rings. The second kappa shape index (κ2) is 6.89. The zero-order chi connectivity index (χ0) is 14.5. The minimum Gasteiger partial charge on any atom is -0.352 e. The van der Waals surface area contributed by atoms with Gasteiger partial charge in [0, 0.05) is 19.0 Å². The molecule has 1 saturated carbocycles. The Morgan fingerprint density at radius 1 is 1.25 bits per heavy atom. The maximum absolute atomic E-state index is 11.9. The standard InChI is InChI=1S/C17H26N2O/c1-4-19(5-2)12-15-9-7-6-8-14(15)11-18-17(20)16-10-13(16)3/h6-9,13,16H,4-5,10-12H2,1-3H3,(H,18,20)/t13-,16-/m1/s1. The highest BCUT2D eigenvalue weighted by Crippen LogP contribution is 2.37. The average Bonchev–Trinajstić information content (AvgIpc) is 3.20. The minimum atomic E-state index is 0.218. The van der Waals surface area contributed by atoms with E-state index in [2.05, 4.69) is 49.2 Å². The molecule has 1 aromatic carbocycles. The first-order valence-electron chi connectivity index (χ1n) is 7.72. The molecule has 3 nitrogen and oxygen atoms in total. The largest absolute Gasteiger partial charge is 0.352 e. The highest BCUT2D eigenvalue weighted by Gasteiger charge is 2.38. The van der Waals surface area contributed by atoms with Crippen LogP contribution in [0.2, 0.25) is 0 Å². The lowest BCUT2D eigenvalue weighted by molar-refractivity contribution is -0.122. The van der Waals surface area contributed by atoms with Crippen LogP contribution in [0.1, 0.15) is 38.3 Å². The Balaban J connectivity index is 1.95. The molecule has 0 spiro atoms. The van der Waals surface area contributed by atoms with E-state index in [0.29, 0.717) is 12.5 Å². The van der Waals surface area contributed by atoms with Gasteiger partial charge in [-0.2, -0.15) is 0 Å². The molecular formula is C17H26N2O. The van der Waals surface area contributed by atoms with E-state index in [9.17, 15) is 4.79 Å². The van der Waals surface area contributed by atoms with Gasteiger partial charge in [0.05, 0.1) is 0 Å². The third-order valence-corrected chi connectivity index (χ3v) is 4.31. The van der Waals surface area contributed by atoms with Crippen molar-refractivity contribution in [2.75, 3.05) is 13.1 Å². The lowest BCUT2D eigenvalue weighted by Crippen LogP contribution is -2.27. The SMILES string of the molecule is CCN(CC)Cc1ccccc1CNC(=O)[C@@H]1C[C@H]1C. The summed E-state index contributed by atoms with van der Waals surface area (Å²) in [5, 5.41) is 3.08. The van der Waals surface area contributed by atoms with Gasteiger partial charge in [0.25, 0.3) is 0 Å². The van der Waals surface area contributed by atoms with Gasteiger partial charge >= 0.3 is 0 Å². The summed E-state index contributed by atoms with van der Waals surface area (Å²) in [6.45, 7) is 10.2. The quantitative estimate of drug-likeness (QED) is 0.829. The molecule has 1 N–H and O–H groups in total. The number of rotatable bonds is 7. The van der Waals surface area contributed by atoms with Crippen molar-refractivity contribution >= 4 is 5.91 Å². The highest BCUT2D eigenvalue weighted by atomic mass is 16.2. The van der Waals surface area contributed by atoms with Crippen LogP contribution in [0.25, 0.3) is 0 Å². The van der Waals surface area contributed by atoms with Crippen molar-refractivity contribution < 1.29 is 4.79 Å². The van der Waals surface area contributed by atoms with Crippen LogP contribution in [0.3, 0.4) is 0 Å². The normalized spacial score (nSPS) is 21.0. The molecule has 0 heterocycles. The molecule has 1 aliphatic carbocycles. The topological polar surface area (TPSA) is 32.3 Å². The van der Waals surface area contributed by atoms with Crippen molar-refractivity contribution in [1.82, 2.24) is 10.2 Å². The van der Waals surface area contributed by atoms with E-state index in [0.717, 1.165) is 26.1 Å². The van der Waals surface area contributed by atoms with Crippen molar-refractivity contribution in [3.05, 3.63) is 35.4 Å². The number of carbonyl (C=O) groups is 1. The molecule has 0 radical (unpaired) electrons. The molecule has 3 heteroatoms. The lowest BCUT2D eigenvalue weighted by Gasteiger charge is -2.20. The Labute approximate surface area is 122 Å². The van der Waals surface area contributed by atoms with Gasteiger partial charge in [-0.15, -0.1) is 0 Å². The first kappa shape index (κ1) is 15.0. The van der Waals surface area contributed by atoms with Crippen molar-refractivity contribution in [3.8, 4) is 0 Å². The van der Waals surface area contributed by atoms with Gasteiger partial charge in [-0.25, -0.2) is 0 Å². The van der Waals surface area contributed by atoms with Crippen LogP contribution in [0.5, 0.6) is 0 Å². The Hall–Kier alpha value is -1.35. The summed E-state index contributed by atoms with van der Waals surface area (Å²) < 4.78 is 0. The van der Waals surface area contributed by atoms with Crippen LogP contribution in [-0.4, -0.2) is 23.9 Å². The third kappa shape index (κ3) is 3.83. The molecule has 2 atom stereocenters. The molecule has 0 aromatic heterocycles. The zero-order valence-corrected chi connectivity index (χ0v) is 12.9. The maximum atomic E-state index is 11.9. The fraction of sp³-hybridized carbons (Fsp3) is 0.588. The number of amides is 1. The first-order valence-corrected chi connectivity index (χ1v) is 7.72. The van der Waals surface area contributed by atoms with E-state index in [4.69, 9.17) is 0 Å². The van der Waals surface area contributed by atoms with Gasteiger partial charge in [0.15, 0.2) is 0 Å². The monoisotopic (exact) mass is 274 g/mol. The fourth-order valence-electron chi connectivity index (χ4n) is 2.57. The van der Waals surface area contributed by atoms with Crippen LogP contribution in [0.4, 0.5) is 0 Å². The van der Waals surface area contributed by atoms with Gasteiger partial charge in [-0.1, -0.05) is 45.0 Å². The summed E-state index contributed by atoms with van der Waals surface area (Å²) in [7, 11) is 0. The molecule has 1 amide bonds. The molecule has 1 aliphatic rings. The molecule has 20 heavy (non-hydrogen) atoms. The van der Waals surface area contributed by atoms with Gasteiger partial charge in [0.1, 0.15) is 0 Å². The summed E-state index contributed by atoms with van der Waals surface area (Å²) in [6, 6.07) is 8.41. The molecule has 0 aliphatic heterocycles. The predicted octanol–water partition coefficient (Wildman–Crippen LogP) is 2.80. The van der Waals surface area contributed by atoms with E-state index >= 15 is 0 Å². The summed E-state index contributed by atoms with van der Waals surface area (Å²) in [5.74, 6) is 1.04. The minimum absolute atomic E-state index is 0.218. The first-order chi connectivity index (χ1) is 9.65. The number of nitrogens with one attached hydrogen (secondary N) is 1. The molecule has 2 rings (SSSR count). The Morgan fingerprint density at radius 2 is 1.85 bits per heavy atom. The molecular weight excluding hydrogens is 248 g/mol. The number of carbonyl (C=O) groups excluding carboxylic acids is 1. The van der Waals surface area contributed by atoms with Gasteiger partial charge in [0.2, 0.25) is 5.91 Å². The summed E-state index contributed by atoms with van der Waals surface area (Å²) in [5.41, 5.74) is 2.56. The molecule has 0 bridgehead atoms. The van der Waals surface area contributed by atoms with Crippen molar-refractivity contribution in [2.24, 2.45) is 11.8 Å². The smallest absolute Gasteiger partial charge is 0.223 e.